The molecule has 0 aliphatic carbocycles. The van der Waals surface area contributed by atoms with Crippen LogP contribution in [0.5, 0.6) is 0 Å². The second-order valence-corrected chi connectivity index (χ2v) is 12.9. The Kier molecular flexibility index (Phi) is 5.13. The summed E-state index contributed by atoms with van der Waals surface area (Å²) in [6, 6.07) is 4.20. The predicted octanol–water partition coefficient (Wildman–Crippen LogP) is 5.21. The van der Waals surface area contributed by atoms with Gasteiger partial charge in [-0.1, -0.05) is 41.5 Å². The van der Waals surface area contributed by atoms with Crippen molar-refractivity contribution < 1.29 is 4.74 Å². The summed E-state index contributed by atoms with van der Waals surface area (Å²) in [5.74, 6) is 0. The Morgan fingerprint density at radius 3 is 2.18 bits per heavy atom. The molecular weight excluding hydrogens is 288 g/mol. The van der Waals surface area contributed by atoms with Gasteiger partial charge in [0, 0.05) is 30.5 Å². The van der Waals surface area contributed by atoms with Gasteiger partial charge in [-0.3, -0.25) is 0 Å². The van der Waals surface area contributed by atoms with E-state index in [0.29, 0.717) is 23.2 Å². The van der Waals surface area contributed by atoms with Gasteiger partial charge in [0.1, 0.15) is 5.65 Å². The van der Waals surface area contributed by atoms with Gasteiger partial charge in [-0.15, -0.1) is 0 Å². The molecule has 2 heterocycles. The summed E-state index contributed by atoms with van der Waals surface area (Å²) in [6.07, 6.45) is 4.24. The quantitative estimate of drug-likeness (QED) is 0.684. The van der Waals surface area contributed by atoms with Crippen molar-refractivity contribution in [2.75, 3.05) is 7.11 Å². The Hall–Kier alpha value is -1.13. The average molecular weight is 319 g/mol. The molecule has 22 heavy (non-hydrogen) atoms. The van der Waals surface area contributed by atoms with Gasteiger partial charge in [0.25, 0.3) is 0 Å². The van der Waals surface area contributed by atoms with Crippen LogP contribution in [0, 0.1) is 0 Å². The van der Waals surface area contributed by atoms with Crippen LogP contribution in [0.2, 0.25) is 16.6 Å². The summed E-state index contributed by atoms with van der Waals surface area (Å²) in [6.45, 7) is 15.0. The Balaban J connectivity index is 2.80. The average Bonchev–Trinajstić information content (AvgIpc) is 2.79. The number of rotatable bonds is 6. The molecule has 0 aliphatic rings. The first-order chi connectivity index (χ1) is 10.4. The van der Waals surface area contributed by atoms with Gasteiger partial charge < -0.3 is 8.97 Å². The molecule has 3 nitrogen and oxygen atoms in total. The lowest BCUT2D eigenvalue weighted by Crippen LogP contribution is -2.51. The minimum Gasteiger partial charge on any atom is -0.380 e. The molecule has 2 aromatic heterocycles. The summed E-state index contributed by atoms with van der Waals surface area (Å²) in [4.78, 5) is 4.74. The molecule has 0 spiro atoms. The molecule has 0 amide bonds. The summed E-state index contributed by atoms with van der Waals surface area (Å²) >= 11 is 0. The highest BCUT2D eigenvalue weighted by Gasteiger charge is 2.46. The van der Waals surface area contributed by atoms with E-state index < -0.39 is 8.24 Å². The summed E-state index contributed by atoms with van der Waals surface area (Å²) in [5, 5.41) is 1.24. The first-order valence-electron chi connectivity index (χ1n) is 8.31. The van der Waals surface area contributed by atoms with Crippen molar-refractivity contribution in [2.45, 2.75) is 64.8 Å². The van der Waals surface area contributed by atoms with E-state index >= 15 is 0 Å². The lowest BCUT2D eigenvalue weighted by molar-refractivity contribution is 0.186. The molecule has 2 aromatic rings. The fourth-order valence-electron chi connectivity index (χ4n) is 4.53. The zero-order chi connectivity index (χ0) is 16.5. The molecule has 0 N–H and O–H groups in total. The highest BCUT2D eigenvalue weighted by atomic mass is 28.3. The van der Waals surface area contributed by atoms with Crippen LogP contribution >= 0.6 is 0 Å². The number of nitrogens with zero attached hydrogens (tertiary/aromatic N) is 2. The number of methoxy groups -OCH3 is 1. The largest absolute Gasteiger partial charge is 0.380 e. The minimum atomic E-state index is -1.78. The van der Waals surface area contributed by atoms with Gasteiger partial charge in [0.15, 0.2) is 8.24 Å². The standard InChI is InChI=1S/C18H30N2OSi/c1-13(2)22(14(3)4,15(5)6)20-11-16(12-21-7)17-9-8-10-19-18(17)20/h8-11,13-15H,12H2,1-7H3. The van der Waals surface area contributed by atoms with Crippen LogP contribution in [-0.4, -0.2) is 24.6 Å². The molecule has 0 unspecified atom stereocenters. The van der Waals surface area contributed by atoms with E-state index in [2.05, 4.69) is 58.0 Å². The highest BCUT2D eigenvalue weighted by Crippen LogP contribution is 2.44. The molecule has 0 atom stereocenters. The summed E-state index contributed by atoms with van der Waals surface area (Å²) in [5.41, 5.74) is 4.35. The monoisotopic (exact) mass is 318 g/mol. The van der Waals surface area contributed by atoms with E-state index in [-0.39, 0.29) is 0 Å². The third kappa shape index (κ3) is 2.52. The molecule has 0 saturated heterocycles. The zero-order valence-electron chi connectivity index (χ0n) is 15.1. The van der Waals surface area contributed by atoms with Crippen LogP contribution < -0.4 is 0 Å². The van der Waals surface area contributed by atoms with E-state index in [1.807, 2.05) is 12.3 Å². The number of fused-ring (bicyclic) bond motifs is 1. The van der Waals surface area contributed by atoms with Crippen LogP contribution in [0.25, 0.3) is 11.0 Å². The molecule has 0 saturated carbocycles. The van der Waals surface area contributed by atoms with E-state index in [9.17, 15) is 0 Å². The van der Waals surface area contributed by atoms with Crippen molar-refractivity contribution in [2.24, 2.45) is 0 Å². The summed E-state index contributed by atoms with van der Waals surface area (Å²) in [7, 11) is -0.0162. The van der Waals surface area contributed by atoms with Crippen molar-refractivity contribution in [1.29, 1.82) is 0 Å². The van der Waals surface area contributed by atoms with Crippen molar-refractivity contribution in [1.82, 2.24) is 9.22 Å². The number of hydrogen-bond donors (Lipinski definition) is 0. The Morgan fingerprint density at radius 2 is 1.68 bits per heavy atom. The number of pyridine rings is 1. The van der Waals surface area contributed by atoms with Crippen LogP contribution in [0.1, 0.15) is 47.1 Å². The van der Waals surface area contributed by atoms with Crippen molar-refractivity contribution in [3.63, 3.8) is 0 Å². The van der Waals surface area contributed by atoms with Crippen molar-refractivity contribution >= 4 is 19.3 Å². The highest BCUT2D eigenvalue weighted by molar-refractivity contribution is 6.82. The fraction of sp³-hybridized carbons (Fsp3) is 0.611. The number of ether oxygens (including phenoxy) is 1. The van der Waals surface area contributed by atoms with E-state index in [0.717, 1.165) is 5.65 Å². The minimum absolute atomic E-state index is 0.647. The number of aromatic nitrogens is 2. The smallest absolute Gasteiger partial charge is 0.171 e. The van der Waals surface area contributed by atoms with Gasteiger partial charge in [-0.25, -0.2) is 4.98 Å². The first kappa shape index (κ1) is 17.2. The lowest BCUT2D eigenvalue weighted by atomic mass is 10.2. The lowest BCUT2D eigenvalue weighted by Gasteiger charge is -2.44. The molecule has 0 fully saturated rings. The maximum Gasteiger partial charge on any atom is 0.171 e. The molecule has 0 bridgehead atoms. The van der Waals surface area contributed by atoms with Crippen LogP contribution in [-0.2, 0) is 11.3 Å². The predicted molar refractivity (Wildman–Crippen MR) is 96.9 cm³/mol. The van der Waals surface area contributed by atoms with Crippen LogP contribution in [0.15, 0.2) is 24.5 Å². The molecule has 0 aliphatic heterocycles. The van der Waals surface area contributed by atoms with Crippen LogP contribution in [0.3, 0.4) is 0 Å². The first-order valence-corrected chi connectivity index (χ1v) is 10.5. The Bertz CT molecular complexity index is 609. The molecule has 2 rings (SSSR count). The van der Waals surface area contributed by atoms with Crippen LogP contribution in [0.4, 0.5) is 0 Å². The maximum absolute atomic E-state index is 5.42. The van der Waals surface area contributed by atoms with Crippen molar-refractivity contribution in [3.8, 4) is 0 Å². The second kappa shape index (κ2) is 6.55. The Morgan fingerprint density at radius 1 is 1.09 bits per heavy atom. The second-order valence-electron chi connectivity index (χ2n) is 7.18. The topological polar surface area (TPSA) is 27.1 Å². The molecule has 122 valence electrons. The van der Waals surface area contributed by atoms with Crippen molar-refractivity contribution in [3.05, 3.63) is 30.1 Å². The van der Waals surface area contributed by atoms with Gasteiger partial charge in [0.05, 0.1) is 6.61 Å². The Labute approximate surface area is 135 Å². The molecule has 4 heteroatoms. The van der Waals surface area contributed by atoms with Gasteiger partial charge in [0.2, 0.25) is 0 Å². The maximum atomic E-state index is 5.42. The third-order valence-electron chi connectivity index (χ3n) is 5.14. The normalized spacial score (nSPS) is 13.0. The number of hydrogen-bond acceptors (Lipinski definition) is 2. The van der Waals surface area contributed by atoms with Gasteiger partial charge in [-0.05, 0) is 28.8 Å². The molecule has 0 aromatic carbocycles. The van der Waals surface area contributed by atoms with E-state index in [1.54, 1.807) is 7.11 Å². The van der Waals surface area contributed by atoms with Gasteiger partial charge >= 0.3 is 0 Å². The van der Waals surface area contributed by atoms with E-state index in [4.69, 9.17) is 9.72 Å². The third-order valence-corrected chi connectivity index (χ3v) is 11.9. The molecular formula is C18H30N2OSi. The molecule has 0 radical (unpaired) electrons. The SMILES string of the molecule is COCc1cn([Si](C(C)C)(C(C)C)C(C)C)c2ncccc12. The summed E-state index contributed by atoms with van der Waals surface area (Å²) < 4.78 is 7.98. The fourth-order valence-corrected chi connectivity index (χ4v) is 11.1. The van der Waals surface area contributed by atoms with E-state index in [1.165, 1.54) is 10.9 Å². The van der Waals surface area contributed by atoms with Gasteiger partial charge in [-0.2, -0.15) is 0 Å². The zero-order valence-corrected chi connectivity index (χ0v) is 16.1.